The summed E-state index contributed by atoms with van der Waals surface area (Å²) >= 11 is 0. The zero-order chi connectivity index (χ0) is 24.7. The second kappa shape index (κ2) is 10.1. The molecule has 6 nitrogen and oxygen atoms in total. The maximum absolute atomic E-state index is 12.4. The van der Waals surface area contributed by atoms with Crippen molar-refractivity contribution in [3.63, 3.8) is 0 Å². The number of carbonyl (C=O) groups is 1. The Kier molecular flexibility index (Phi) is 7.69. The summed E-state index contributed by atoms with van der Waals surface area (Å²) in [5, 5.41) is 18.0. The summed E-state index contributed by atoms with van der Waals surface area (Å²) in [4.78, 5) is 19.4. The van der Waals surface area contributed by atoms with Gasteiger partial charge < -0.3 is 15.3 Å². The standard InChI is InChI=1S/C28H49N3O3/c1-18(2)29-15-16-31(6)26(33)34-30-19(3)23-9-10-24-22-8-7-20-17-21(32)11-13-27(20,4)25(22)12-14-28(23,24)5/h18,20-25,29,32H,7-17H2,1-6H3/b30-19+/t20-,21-,22+,23-,24+,25+,27+,28-/m1/s1. The van der Waals surface area contributed by atoms with Gasteiger partial charge >= 0.3 is 6.09 Å². The largest absolute Gasteiger partial charge is 0.435 e. The quantitative estimate of drug-likeness (QED) is 0.304. The first-order valence-electron chi connectivity index (χ1n) is 13.9. The van der Waals surface area contributed by atoms with Gasteiger partial charge in [0.2, 0.25) is 0 Å². The summed E-state index contributed by atoms with van der Waals surface area (Å²) in [5.74, 6) is 3.45. The van der Waals surface area contributed by atoms with Crippen LogP contribution in [0.25, 0.3) is 0 Å². The van der Waals surface area contributed by atoms with Crippen molar-refractivity contribution in [3.8, 4) is 0 Å². The van der Waals surface area contributed by atoms with Crippen molar-refractivity contribution >= 4 is 11.8 Å². The zero-order valence-electron chi connectivity index (χ0n) is 22.5. The van der Waals surface area contributed by atoms with E-state index in [4.69, 9.17) is 4.84 Å². The molecule has 4 fully saturated rings. The third kappa shape index (κ3) is 4.78. The van der Waals surface area contributed by atoms with Gasteiger partial charge in [-0.3, -0.25) is 4.84 Å². The van der Waals surface area contributed by atoms with Crippen LogP contribution < -0.4 is 5.32 Å². The van der Waals surface area contributed by atoms with E-state index in [1.165, 1.54) is 38.5 Å². The van der Waals surface area contributed by atoms with Crippen LogP contribution in [0.3, 0.4) is 0 Å². The van der Waals surface area contributed by atoms with Crippen LogP contribution in [-0.4, -0.2) is 54.1 Å². The number of nitrogens with one attached hydrogen (secondary N) is 1. The van der Waals surface area contributed by atoms with E-state index in [9.17, 15) is 9.90 Å². The summed E-state index contributed by atoms with van der Waals surface area (Å²) in [6.45, 7) is 12.7. The minimum Gasteiger partial charge on any atom is -0.393 e. The summed E-state index contributed by atoms with van der Waals surface area (Å²) in [6.07, 6.45) is 10.3. The lowest BCUT2D eigenvalue weighted by molar-refractivity contribution is -0.123. The smallest absolute Gasteiger partial charge is 0.393 e. The molecule has 0 aromatic heterocycles. The van der Waals surface area contributed by atoms with Gasteiger partial charge in [0, 0.05) is 32.1 Å². The van der Waals surface area contributed by atoms with Gasteiger partial charge in [0.25, 0.3) is 0 Å². The van der Waals surface area contributed by atoms with Crippen molar-refractivity contribution in [2.45, 2.75) is 105 Å². The van der Waals surface area contributed by atoms with Crippen molar-refractivity contribution in [1.29, 1.82) is 0 Å². The Morgan fingerprint density at radius 1 is 1.09 bits per heavy atom. The molecule has 6 heteroatoms. The Labute approximate surface area is 207 Å². The zero-order valence-corrected chi connectivity index (χ0v) is 22.5. The molecule has 4 aliphatic carbocycles. The van der Waals surface area contributed by atoms with Gasteiger partial charge in [-0.15, -0.1) is 0 Å². The lowest BCUT2D eigenvalue weighted by Crippen LogP contribution is -2.54. The molecule has 0 unspecified atom stereocenters. The van der Waals surface area contributed by atoms with E-state index in [1.807, 2.05) is 0 Å². The predicted octanol–water partition coefficient (Wildman–Crippen LogP) is 5.45. The molecule has 4 rings (SSSR count). The van der Waals surface area contributed by atoms with E-state index in [1.54, 1.807) is 11.9 Å². The van der Waals surface area contributed by atoms with Gasteiger partial charge in [0.15, 0.2) is 0 Å². The topological polar surface area (TPSA) is 74.2 Å². The molecular formula is C28H49N3O3. The summed E-state index contributed by atoms with van der Waals surface area (Å²) in [6, 6.07) is 0.401. The van der Waals surface area contributed by atoms with Crippen molar-refractivity contribution in [3.05, 3.63) is 0 Å². The van der Waals surface area contributed by atoms with Crippen LogP contribution in [0.4, 0.5) is 4.79 Å². The fourth-order valence-corrected chi connectivity index (χ4v) is 8.78. The molecule has 0 aliphatic heterocycles. The number of rotatable bonds is 6. The molecule has 34 heavy (non-hydrogen) atoms. The number of aliphatic hydroxyl groups is 1. The van der Waals surface area contributed by atoms with Crippen LogP contribution in [0.2, 0.25) is 0 Å². The fourth-order valence-electron chi connectivity index (χ4n) is 8.78. The molecule has 0 aromatic carbocycles. The van der Waals surface area contributed by atoms with Gasteiger partial charge in [0.05, 0.1) is 11.8 Å². The minimum absolute atomic E-state index is 0.0774. The van der Waals surface area contributed by atoms with Crippen LogP contribution in [0.5, 0.6) is 0 Å². The van der Waals surface area contributed by atoms with Gasteiger partial charge in [-0.25, -0.2) is 4.79 Å². The van der Waals surface area contributed by atoms with Crippen molar-refractivity contribution in [2.24, 2.45) is 45.6 Å². The molecule has 1 amide bonds. The van der Waals surface area contributed by atoms with Crippen molar-refractivity contribution in [1.82, 2.24) is 10.2 Å². The molecule has 4 aliphatic rings. The number of hydrogen-bond acceptors (Lipinski definition) is 5. The normalized spacial score (nSPS) is 42.1. The average Bonchev–Trinajstić information content (AvgIpc) is 3.14. The van der Waals surface area contributed by atoms with Gasteiger partial charge in [-0.2, -0.15) is 0 Å². The van der Waals surface area contributed by atoms with Gasteiger partial charge in [0.1, 0.15) is 0 Å². The number of carbonyl (C=O) groups excluding carboxylic acids is 1. The molecule has 2 N–H and O–H groups in total. The first-order valence-corrected chi connectivity index (χ1v) is 13.9. The number of amides is 1. The monoisotopic (exact) mass is 475 g/mol. The first kappa shape index (κ1) is 25.9. The highest BCUT2D eigenvalue weighted by Crippen LogP contribution is 2.67. The lowest BCUT2D eigenvalue weighted by atomic mass is 9.44. The molecule has 0 spiro atoms. The molecule has 0 radical (unpaired) electrons. The maximum atomic E-state index is 12.4. The third-order valence-electron chi connectivity index (χ3n) is 10.7. The number of hydrogen-bond donors (Lipinski definition) is 2. The predicted molar refractivity (Wildman–Crippen MR) is 137 cm³/mol. The number of aliphatic hydroxyl groups excluding tert-OH is 1. The first-order chi connectivity index (χ1) is 16.1. The Morgan fingerprint density at radius 3 is 2.53 bits per heavy atom. The van der Waals surface area contributed by atoms with Crippen LogP contribution in [0.1, 0.15) is 92.4 Å². The molecule has 8 atom stereocenters. The molecule has 0 heterocycles. The van der Waals surface area contributed by atoms with Crippen LogP contribution >= 0.6 is 0 Å². The van der Waals surface area contributed by atoms with Crippen LogP contribution in [0, 0.1) is 40.4 Å². The number of fused-ring (bicyclic) bond motifs is 5. The SMILES string of the molecule is C/C(=N\OC(=O)N(C)CCNC(C)C)[C@H]1CC[C@H]2[C@@H]3CC[C@@H]4C[C@H](O)CC[C@]4(C)[C@H]3CC[C@]12C. The van der Waals surface area contributed by atoms with Gasteiger partial charge in [-0.1, -0.05) is 32.9 Å². The second-order valence-corrected chi connectivity index (χ2v) is 12.9. The summed E-state index contributed by atoms with van der Waals surface area (Å²) in [5.41, 5.74) is 1.66. The van der Waals surface area contributed by atoms with Crippen molar-refractivity contribution < 1.29 is 14.7 Å². The molecule has 0 aromatic rings. The minimum atomic E-state index is -0.376. The number of likely N-dealkylation sites (N-methyl/N-ethyl adjacent to an activating group) is 1. The Morgan fingerprint density at radius 2 is 1.79 bits per heavy atom. The van der Waals surface area contributed by atoms with Crippen LogP contribution in [-0.2, 0) is 4.84 Å². The average molecular weight is 476 g/mol. The lowest BCUT2D eigenvalue weighted by Gasteiger charge is -2.61. The van der Waals surface area contributed by atoms with E-state index in [0.717, 1.165) is 49.3 Å². The maximum Gasteiger partial charge on any atom is 0.435 e. The third-order valence-corrected chi connectivity index (χ3v) is 10.7. The van der Waals surface area contributed by atoms with Gasteiger partial charge in [-0.05, 0) is 99.2 Å². The van der Waals surface area contributed by atoms with E-state index in [2.05, 4.69) is 45.1 Å². The van der Waals surface area contributed by atoms with E-state index >= 15 is 0 Å². The molecule has 194 valence electrons. The molecular weight excluding hydrogens is 426 g/mol. The fraction of sp³-hybridized carbons (Fsp3) is 0.929. The number of nitrogens with zero attached hydrogens (tertiary/aromatic N) is 2. The highest BCUT2D eigenvalue weighted by Gasteiger charge is 2.60. The Bertz CT molecular complexity index is 770. The number of oxime groups is 1. The summed E-state index contributed by atoms with van der Waals surface area (Å²) < 4.78 is 0. The van der Waals surface area contributed by atoms with E-state index < -0.39 is 0 Å². The summed E-state index contributed by atoms with van der Waals surface area (Å²) in [7, 11) is 1.77. The molecule has 0 bridgehead atoms. The van der Waals surface area contributed by atoms with E-state index in [0.29, 0.717) is 29.8 Å². The van der Waals surface area contributed by atoms with E-state index in [-0.39, 0.29) is 17.6 Å². The highest BCUT2D eigenvalue weighted by molar-refractivity contribution is 5.85. The molecule has 0 saturated heterocycles. The van der Waals surface area contributed by atoms with Crippen LogP contribution in [0.15, 0.2) is 5.16 Å². The second-order valence-electron chi connectivity index (χ2n) is 12.9. The Hall–Kier alpha value is -1.14. The Balaban J connectivity index is 1.39. The molecule has 4 saturated carbocycles. The highest BCUT2D eigenvalue weighted by atomic mass is 16.7. The van der Waals surface area contributed by atoms with Crippen molar-refractivity contribution in [2.75, 3.05) is 20.1 Å².